The van der Waals surface area contributed by atoms with Crippen molar-refractivity contribution in [3.05, 3.63) is 81.7 Å². The summed E-state index contributed by atoms with van der Waals surface area (Å²) in [5, 5.41) is 3.72. The van der Waals surface area contributed by atoms with Crippen molar-refractivity contribution >= 4 is 16.9 Å². The molecule has 31 heavy (non-hydrogen) atoms. The van der Waals surface area contributed by atoms with Gasteiger partial charge in [-0.25, -0.2) is 4.79 Å². The van der Waals surface area contributed by atoms with Crippen molar-refractivity contribution in [1.29, 1.82) is 0 Å². The molecule has 4 rings (SSSR count). The Morgan fingerprint density at radius 1 is 1.06 bits per heavy atom. The predicted molar refractivity (Wildman–Crippen MR) is 124 cm³/mol. The highest BCUT2D eigenvalue weighted by molar-refractivity contribution is 5.96. The van der Waals surface area contributed by atoms with Crippen LogP contribution in [0.1, 0.15) is 61.1 Å². The number of para-hydroxylation sites is 1. The van der Waals surface area contributed by atoms with E-state index in [-0.39, 0.29) is 17.0 Å². The van der Waals surface area contributed by atoms with Crippen LogP contribution in [-0.2, 0) is 5.41 Å². The fourth-order valence-electron chi connectivity index (χ4n) is 4.22. The first-order valence-electron chi connectivity index (χ1n) is 11.0. The summed E-state index contributed by atoms with van der Waals surface area (Å²) in [6.45, 7) is 9.08. The van der Waals surface area contributed by atoms with E-state index in [0.717, 1.165) is 18.5 Å². The van der Waals surface area contributed by atoms with E-state index in [2.05, 4.69) is 55.3 Å². The van der Waals surface area contributed by atoms with E-state index in [1.54, 1.807) is 18.2 Å². The molecular weight excluding hydrogens is 388 g/mol. The minimum Gasteiger partial charge on any atom is -0.422 e. The Morgan fingerprint density at radius 2 is 1.74 bits per heavy atom. The van der Waals surface area contributed by atoms with E-state index in [1.807, 2.05) is 12.1 Å². The molecule has 0 unspecified atom stereocenters. The van der Waals surface area contributed by atoms with Crippen molar-refractivity contribution in [3.8, 4) is 0 Å². The molecule has 1 amide bonds. The monoisotopic (exact) mass is 418 g/mol. The second kappa shape index (κ2) is 8.67. The van der Waals surface area contributed by atoms with Gasteiger partial charge in [0, 0.05) is 11.9 Å². The fraction of sp³-hybridized carbons (Fsp3) is 0.385. The Morgan fingerprint density at radius 3 is 2.42 bits per heavy atom. The summed E-state index contributed by atoms with van der Waals surface area (Å²) in [6, 6.07) is 17.6. The zero-order valence-electron chi connectivity index (χ0n) is 18.5. The van der Waals surface area contributed by atoms with E-state index < -0.39 is 11.5 Å². The summed E-state index contributed by atoms with van der Waals surface area (Å²) in [5.74, 6) is -0.394. The molecule has 5 heteroatoms. The Hall–Kier alpha value is -2.92. The first kappa shape index (κ1) is 21.3. The number of carbonyl (C=O) groups is 1. The maximum Gasteiger partial charge on any atom is 0.349 e. The number of carbonyl (C=O) groups excluding carboxylic acids is 1. The summed E-state index contributed by atoms with van der Waals surface area (Å²) in [6.07, 6.45) is 2.33. The average molecular weight is 419 g/mol. The van der Waals surface area contributed by atoms with Gasteiger partial charge in [-0.3, -0.25) is 9.69 Å². The van der Waals surface area contributed by atoms with Crippen LogP contribution in [0.2, 0.25) is 0 Å². The van der Waals surface area contributed by atoms with Crippen LogP contribution >= 0.6 is 0 Å². The van der Waals surface area contributed by atoms with Gasteiger partial charge in [0.1, 0.15) is 11.1 Å². The Balaban J connectivity index is 1.55. The average Bonchev–Trinajstić information content (AvgIpc) is 3.27. The van der Waals surface area contributed by atoms with Gasteiger partial charge in [0.15, 0.2) is 0 Å². The first-order chi connectivity index (χ1) is 14.8. The smallest absolute Gasteiger partial charge is 0.349 e. The minimum atomic E-state index is -0.608. The lowest BCUT2D eigenvalue weighted by Crippen LogP contribution is -2.38. The van der Waals surface area contributed by atoms with E-state index in [9.17, 15) is 9.59 Å². The molecule has 1 aliphatic rings. The van der Waals surface area contributed by atoms with Crippen molar-refractivity contribution in [1.82, 2.24) is 10.2 Å². The van der Waals surface area contributed by atoms with Crippen LogP contribution in [0, 0.1) is 0 Å². The molecule has 0 aliphatic carbocycles. The molecule has 1 atom stereocenters. The quantitative estimate of drug-likeness (QED) is 0.612. The van der Waals surface area contributed by atoms with E-state index in [1.165, 1.54) is 24.0 Å². The lowest BCUT2D eigenvalue weighted by molar-refractivity contribution is 0.0934. The summed E-state index contributed by atoms with van der Waals surface area (Å²) < 4.78 is 5.32. The van der Waals surface area contributed by atoms with Crippen LogP contribution < -0.4 is 10.9 Å². The topological polar surface area (TPSA) is 62.6 Å². The number of nitrogens with zero attached hydrogens (tertiary/aromatic N) is 1. The van der Waals surface area contributed by atoms with Crippen LogP contribution in [0.3, 0.4) is 0 Å². The van der Waals surface area contributed by atoms with Crippen molar-refractivity contribution in [3.63, 3.8) is 0 Å². The predicted octanol–water partition coefficient (Wildman–Crippen LogP) is 4.66. The highest BCUT2D eigenvalue weighted by Gasteiger charge is 2.25. The van der Waals surface area contributed by atoms with Gasteiger partial charge in [-0.2, -0.15) is 0 Å². The number of rotatable bonds is 5. The second-order valence-electron chi connectivity index (χ2n) is 9.33. The van der Waals surface area contributed by atoms with Crippen LogP contribution in [0.4, 0.5) is 0 Å². The largest absolute Gasteiger partial charge is 0.422 e. The molecule has 2 heterocycles. The molecule has 3 aromatic rings. The molecule has 0 radical (unpaired) electrons. The molecule has 1 fully saturated rings. The van der Waals surface area contributed by atoms with Gasteiger partial charge in [0.05, 0.1) is 6.04 Å². The third-order valence-corrected chi connectivity index (χ3v) is 6.08. The molecule has 162 valence electrons. The summed E-state index contributed by atoms with van der Waals surface area (Å²) >= 11 is 0. The molecule has 0 bridgehead atoms. The maximum atomic E-state index is 12.9. The van der Waals surface area contributed by atoms with Gasteiger partial charge >= 0.3 is 5.63 Å². The number of amides is 1. The molecule has 1 N–H and O–H groups in total. The van der Waals surface area contributed by atoms with E-state index in [4.69, 9.17) is 4.42 Å². The Kier molecular flexibility index (Phi) is 5.96. The molecule has 1 aliphatic heterocycles. The molecular formula is C26H30N2O3. The normalized spacial score (nSPS) is 15.8. The zero-order chi connectivity index (χ0) is 22.0. The van der Waals surface area contributed by atoms with Gasteiger partial charge < -0.3 is 9.73 Å². The number of benzene rings is 2. The lowest BCUT2D eigenvalue weighted by Gasteiger charge is -2.29. The standard InChI is InChI=1S/C26H30N2O3/c1-26(2,3)20-12-10-18(11-13-20)22(28-14-6-7-15-28)17-27-24(29)21-16-19-8-4-5-9-23(19)31-25(21)30/h4-5,8-13,16,22H,6-7,14-15,17H2,1-3H3,(H,27,29)/t22-/m1/s1. The third kappa shape index (κ3) is 4.72. The zero-order valence-corrected chi connectivity index (χ0v) is 18.5. The fourth-order valence-corrected chi connectivity index (χ4v) is 4.22. The molecule has 5 nitrogen and oxygen atoms in total. The molecule has 0 saturated carbocycles. The molecule has 1 aromatic heterocycles. The van der Waals surface area contributed by atoms with Crippen molar-refractivity contribution in [2.75, 3.05) is 19.6 Å². The summed E-state index contributed by atoms with van der Waals surface area (Å²) in [5.41, 5.74) is 2.48. The van der Waals surface area contributed by atoms with E-state index in [0.29, 0.717) is 12.1 Å². The third-order valence-electron chi connectivity index (χ3n) is 6.08. The van der Waals surface area contributed by atoms with Crippen molar-refractivity contribution in [2.45, 2.75) is 45.1 Å². The first-order valence-corrected chi connectivity index (χ1v) is 11.0. The maximum absolute atomic E-state index is 12.9. The number of hydrogen-bond acceptors (Lipinski definition) is 4. The minimum absolute atomic E-state index is 0.0435. The lowest BCUT2D eigenvalue weighted by atomic mass is 9.86. The van der Waals surface area contributed by atoms with Crippen LogP contribution in [0.5, 0.6) is 0 Å². The highest BCUT2D eigenvalue weighted by atomic mass is 16.4. The van der Waals surface area contributed by atoms with Gasteiger partial charge in [-0.15, -0.1) is 0 Å². The SMILES string of the molecule is CC(C)(C)c1ccc([C@@H](CNC(=O)c2cc3ccccc3oc2=O)N2CCCC2)cc1. The van der Waals surface area contributed by atoms with Gasteiger partial charge in [0.2, 0.25) is 0 Å². The molecule has 0 spiro atoms. The molecule has 1 saturated heterocycles. The van der Waals surface area contributed by atoms with Gasteiger partial charge in [-0.1, -0.05) is 63.2 Å². The van der Waals surface area contributed by atoms with Crippen LogP contribution in [-0.4, -0.2) is 30.4 Å². The Labute approximate surface area is 183 Å². The van der Waals surface area contributed by atoms with Gasteiger partial charge in [-0.05, 0) is 54.6 Å². The van der Waals surface area contributed by atoms with E-state index >= 15 is 0 Å². The van der Waals surface area contributed by atoms with Crippen molar-refractivity contribution < 1.29 is 9.21 Å². The van der Waals surface area contributed by atoms with Crippen LogP contribution in [0.25, 0.3) is 11.0 Å². The number of fused-ring (bicyclic) bond motifs is 1. The second-order valence-corrected chi connectivity index (χ2v) is 9.33. The van der Waals surface area contributed by atoms with Crippen molar-refractivity contribution in [2.24, 2.45) is 0 Å². The molecule has 2 aromatic carbocycles. The Bertz CT molecular complexity index is 1120. The summed E-state index contributed by atoms with van der Waals surface area (Å²) in [7, 11) is 0. The number of nitrogens with one attached hydrogen (secondary N) is 1. The summed E-state index contributed by atoms with van der Waals surface area (Å²) in [4.78, 5) is 27.6. The number of likely N-dealkylation sites (tertiary alicyclic amines) is 1. The highest BCUT2D eigenvalue weighted by Crippen LogP contribution is 2.28. The van der Waals surface area contributed by atoms with Crippen LogP contribution in [0.15, 0.2) is 63.8 Å². The van der Waals surface area contributed by atoms with Gasteiger partial charge in [0.25, 0.3) is 5.91 Å². The number of hydrogen-bond donors (Lipinski definition) is 1.